The van der Waals surface area contributed by atoms with Gasteiger partial charge in [-0.25, -0.2) is 0 Å². The van der Waals surface area contributed by atoms with Crippen molar-refractivity contribution in [2.45, 2.75) is 52.5 Å². The van der Waals surface area contributed by atoms with Crippen LogP contribution in [0.4, 0.5) is 0 Å². The highest BCUT2D eigenvalue weighted by atomic mass is 32.2. The van der Waals surface area contributed by atoms with E-state index in [2.05, 4.69) is 43.5 Å². The van der Waals surface area contributed by atoms with E-state index < -0.39 is 0 Å². The van der Waals surface area contributed by atoms with E-state index in [1.54, 1.807) is 0 Å². The van der Waals surface area contributed by atoms with Gasteiger partial charge >= 0.3 is 0 Å². The molecule has 0 aromatic carbocycles. The molecule has 0 amide bonds. The van der Waals surface area contributed by atoms with Gasteiger partial charge in [-0.05, 0) is 30.6 Å². The summed E-state index contributed by atoms with van der Waals surface area (Å²) in [7, 11) is 0. The Labute approximate surface area is 122 Å². The van der Waals surface area contributed by atoms with Gasteiger partial charge in [0.05, 0.1) is 12.0 Å². The Kier molecular flexibility index (Phi) is 5.20. The van der Waals surface area contributed by atoms with Crippen LogP contribution < -0.4 is 0 Å². The molecule has 2 rings (SSSR count). The Morgan fingerprint density at radius 2 is 1.95 bits per heavy atom. The molecule has 108 valence electrons. The summed E-state index contributed by atoms with van der Waals surface area (Å²) < 4.78 is 0. The molecule has 19 heavy (non-hydrogen) atoms. The largest absolute Gasteiger partial charge is 0.297 e. The molecule has 0 aromatic rings. The monoisotopic (exact) mass is 280 g/mol. The number of rotatable bonds is 3. The molecule has 1 heterocycles. The number of nitrogens with zero attached hydrogens (tertiary/aromatic N) is 2. The van der Waals surface area contributed by atoms with E-state index in [-0.39, 0.29) is 5.92 Å². The predicted octanol–water partition coefficient (Wildman–Crippen LogP) is 3.78. The first-order valence-corrected chi connectivity index (χ1v) is 8.95. The molecule has 0 spiro atoms. The van der Waals surface area contributed by atoms with E-state index >= 15 is 0 Å². The minimum Gasteiger partial charge on any atom is -0.297 e. The van der Waals surface area contributed by atoms with Crippen molar-refractivity contribution in [1.29, 1.82) is 5.26 Å². The van der Waals surface area contributed by atoms with Gasteiger partial charge in [0.2, 0.25) is 0 Å². The van der Waals surface area contributed by atoms with Gasteiger partial charge in [-0.15, -0.1) is 0 Å². The lowest BCUT2D eigenvalue weighted by Gasteiger charge is -2.46. The van der Waals surface area contributed by atoms with E-state index in [1.807, 2.05) is 0 Å². The van der Waals surface area contributed by atoms with Crippen LogP contribution in [0.15, 0.2) is 0 Å². The van der Waals surface area contributed by atoms with Gasteiger partial charge in [0, 0.05) is 30.6 Å². The first-order chi connectivity index (χ1) is 9.08. The number of hydrogen-bond acceptors (Lipinski definition) is 3. The van der Waals surface area contributed by atoms with E-state index in [4.69, 9.17) is 0 Å². The van der Waals surface area contributed by atoms with Gasteiger partial charge in [0.15, 0.2) is 0 Å². The van der Waals surface area contributed by atoms with E-state index in [9.17, 15) is 5.26 Å². The lowest BCUT2D eigenvalue weighted by atomic mass is 9.66. The predicted molar refractivity (Wildman–Crippen MR) is 83.2 cm³/mol. The van der Waals surface area contributed by atoms with Gasteiger partial charge in [0.1, 0.15) is 0 Å². The Balaban J connectivity index is 2.06. The van der Waals surface area contributed by atoms with Gasteiger partial charge < -0.3 is 0 Å². The first kappa shape index (κ1) is 15.2. The summed E-state index contributed by atoms with van der Waals surface area (Å²) in [5.74, 6) is 3.56. The number of nitriles is 1. The first-order valence-electron chi connectivity index (χ1n) is 7.80. The molecule has 3 heteroatoms. The van der Waals surface area contributed by atoms with Crippen LogP contribution in [0.25, 0.3) is 0 Å². The second kappa shape index (κ2) is 6.50. The smallest absolute Gasteiger partial charge is 0.0672 e. The molecule has 1 saturated carbocycles. The zero-order valence-corrected chi connectivity index (χ0v) is 13.5. The molecule has 0 aromatic heterocycles. The zero-order chi connectivity index (χ0) is 13.9. The van der Waals surface area contributed by atoms with Crippen LogP contribution in [0.5, 0.6) is 0 Å². The molecule has 2 fully saturated rings. The average Bonchev–Trinajstić information content (AvgIpc) is 2.47. The van der Waals surface area contributed by atoms with Crippen LogP contribution in [0.3, 0.4) is 0 Å². The van der Waals surface area contributed by atoms with Crippen molar-refractivity contribution in [1.82, 2.24) is 4.90 Å². The highest BCUT2D eigenvalue weighted by molar-refractivity contribution is 7.99. The maximum atomic E-state index is 9.46. The molecule has 3 unspecified atom stereocenters. The molecule has 1 aliphatic heterocycles. The van der Waals surface area contributed by atoms with Crippen molar-refractivity contribution >= 4 is 11.8 Å². The van der Waals surface area contributed by atoms with Crippen LogP contribution in [-0.2, 0) is 0 Å². The van der Waals surface area contributed by atoms with Crippen LogP contribution in [0.2, 0.25) is 0 Å². The molecule has 0 bridgehead atoms. The van der Waals surface area contributed by atoms with E-state index in [0.717, 1.165) is 12.3 Å². The average molecular weight is 280 g/mol. The third-order valence-electron chi connectivity index (χ3n) is 5.51. The molecule has 1 aliphatic carbocycles. The summed E-state index contributed by atoms with van der Waals surface area (Å²) in [6.45, 7) is 9.50. The van der Waals surface area contributed by atoms with Crippen molar-refractivity contribution in [2.75, 3.05) is 24.6 Å². The quantitative estimate of drug-likeness (QED) is 0.787. The summed E-state index contributed by atoms with van der Waals surface area (Å²) >= 11 is 2.06. The third kappa shape index (κ3) is 3.47. The van der Waals surface area contributed by atoms with Crippen molar-refractivity contribution in [3.63, 3.8) is 0 Å². The maximum absolute atomic E-state index is 9.46. The second-order valence-electron chi connectivity index (χ2n) is 6.80. The summed E-state index contributed by atoms with van der Waals surface area (Å²) in [5, 5.41) is 9.46. The molecule has 2 aliphatic rings. The van der Waals surface area contributed by atoms with Crippen LogP contribution in [0, 0.1) is 28.6 Å². The molecule has 0 radical (unpaired) electrons. The normalized spacial score (nSPS) is 33.9. The summed E-state index contributed by atoms with van der Waals surface area (Å²) in [4.78, 5) is 2.61. The Morgan fingerprint density at radius 3 is 2.53 bits per heavy atom. The molecule has 2 nitrogen and oxygen atoms in total. The topological polar surface area (TPSA) is 27.0 Å². The molecular formula is C16H28N2S. The third-order valence-corrected chi connectivity index (χ3v) is 6.46. The van der Waals surface area contributed by atoms with E-state index in [1.165, 1.54) is 43.9 Å². The van der Waals surface area contributed by atoms with E-state index in [0.29, 0.717) is 11.5 Å². The zero-order valence-electron chi connectivity index (χ0n) is 12.7. The Morgan fingerprint density at radius 1 is 1.26 bits per heavy atom. The van der Waals surface area contributed by atoms with Gasteiger partial charge in [0.25, 0.3) is 0 Å². The van der Waals surface area contributed by atoms with Gasteiger partial charge in [-0.1, -0.05) is 27.2 Å². The lowest BCUT2D eigenvalue weighted by Crippen LogP contribution is -2.49. The molecule has 3 atom stereocenters. The molecular weight excluding hydrogens is 252 g/mol. The Hall–Kier alpha value is -0.200. The summed E-state index contributed by atoms with van der Waals surface area (Å²) in [6, 6.07) is 3.12. The summed E-state index contributed by atoms with van der Waals surface area (Å²) in [6.07, 6.45) is 4.85. The fraction of sp³-hybridized carbons (Fsp3) is 0.938. The fourth-order valence-corrected chi connectivity index (χ4v) is 4.54. The Bertz CT molecular complexity index is 328. The van der Waals surface area contributed by atoms with Crippen molar-refractivity contribution < 1.29 is 0 Å². The highest BCUT2D eigenvalue weighted by Crippen LogP contribution is 2.43. The highest BCUT2D eigenvalue weighted by Gasteiger charge is 2.39. The van der Waals surface area contributed by atoms with Crippen LogP contribution in [-0.4, -0.2) is 35.5 Å². The second-order valence-corrected chi connectivity index (χ2v) is 8.03. The van der Waals surface area contributed by atoms with Crippen molar-refractivity contribution in [3.8, 4) is 6.07 Å². The van der Waals surface area contributed by atoms with Gasteiger partial charge in [-0.2, -0.15) is 17.0 Å². The maximum Gasteiger partial charge on any atom is 0.0672 e. The van der Waals surface area contributed by atoms with Crippen LogP contribution in [0.1, 0.15) is 46.5 Å². The van der Waals surface area contributed by atoms with Crippen molar-refractivity contribution in [2.24, 2.45) is 17.3 Å². The van der Waals surface area contributed by atoms with Gasteiger partial charge in [-0.3, -0.25) is 4.90 Å². The lowest BCUT2D eigenvalue weighted by molar-refractivity contribution is 0.0567. The molecule has 1 saturated heterocycles. The fourth-order valence-electron chi connectivity index (χ4n) is 3.61. The minimum absolute atomic E-state index is 0.270. The standard InChI is InChI=1S/C16H28N2S/c1-4-16(2,3)14-6-5-13(12-17)15(11-14)18-7-9-19-10-8-18/h13-15H,4-11H2,1-3H3. The van der Waals surface area contributed by atoms with Crippen LogP contribution >= 0.6 is 11.8 Å². The number of thioether (sulfide) groups is 1. The minimum atomic E-state index is 0.270. The number of hydrogen-bond donors (Lipinski definition) is 0. The van der Waals surface area contributed by atoms with Crippen molar-refractivity contribution in [3.05, 3.63) is 0 Å². The SMILES string of the molecule is CCC(C)(C)C1CCC(C#N)C(N2CCSCC2)C1. The molecule has 0 N–H and O–H groups in total. The summed E-state index contributed by atoms with van der Waals surface area (Å²) in [5.41, 5.74) is 0.434.